The molecule has 0 spiro atoms. The van der Waals surface area contributed by atoms with E-state index in [1.165, 1.54) is 46.3 Å². The Labute approximate surface area is 357 Å². The monoisotopic (exact) mass is 862 g/mol. The molecule has 1 saturated carbocycles. The summed E-state index contributed by atoms with van der Waals surface area (Å²) in [6.45, 7) is 1.62. The number of halogens is 2. The topological polar surface area (TPSA) is 169 Å². The molecule has 2 fully saturated rings. The molecule has 17 heteroatoms. The zero-order valence-corrected chi connectivity index (χ0v) is 34.8. The number of amides is 2. The van der Waals surface area contributed by atoms with Gasteiger partial charge in [0.05, 0.1) is 59.9 Å². The van der Waals surface area contributed by atoms with Crippen molar-refractivity contribution in [3.05, 3.63) is 149 Å². The molecule has 2 aromatic heterocycles. The predicted octanol–water partition coefficient (Wildman–Crippen LogP) is 5.26. The number of imide groups is 1. The van der Waals surface area contributed by atoms with Crippen molar-refractivity contribution in [2.75, 3.05) is 19.1 Å². The van der Waals surface area contributed by atoms with Gasteiger partial charge in [0.15, 0.2) is 11.5 Å². The van der Waals surface area contributed by atoms with Crippen LogP contribution in [0.1, 0.15) is 42.1 Å². The first-order valence-corrected chi connectivity index (χ1v) is 20.2. The lowest BCUT2D eigenvalue weighted by Gasteiger charge is -2.47. The van der Waals surface area contributed by atoms with Crippen molar-refractivity contribution in [2.45, 2.75) is 51.4 Å². The minimum absolute atomic E-state index is 0.0602. The minimum atomic E-state index is -1.52. The normalized spacial score (nSPS) is 20.5. The SMILES string of the molecule is COc1cc2nc(CCn3c(=O)n4n(c3=O)[C@@H]3C[C@H]5C(=O)N(c6ccc(F)c(Cl)c6)C(=O)[C@@]5(C)[C@@H](c5ccc(OCc6ccccc6)cc5O)C3=CC4)c(=O)n(C)c2cc1OC. The van der Waals surface area contributed by atoms with Gasteiger partial charge in [0, 0.05) is 49.7 Å². The van der Waals surface area contributed by atoms with E-state index < -0.39 is 57.9 Å². The second-order valence-corrected chi connectivity index (χ2v) is 16.2. The molecule has 2 amide bonds. The highest BCUT2D eigenvalue weighted by Gasteiger charge is 2.65. The Morgan fingerprint density at radius 1 is 0.935 bits per heavy atom. The predicted molar refractivity (Wildman–Crippen MR) is 226 cm³/mol. The third-order valence-corrected chi connectivity index (χ3v) is 12.9. The maximum atomic E-state index is 14.8. The van der Waals surface area contributed by atoms with Gasteiger partial charge in [-0.15, -0.1) is 0 Å². The van der Waals surface area contributed by atoms with Crippen LogP contribution in [0.25, 0.3) is 11.0 Å². The minimum Gasteiger partial charge on any atom is -0.508 e. The summed E-state index contributed by atoms with van der Waals surface area (Å²) in [7, 11) is 4.55. The Bertz CT molecular complexity index is 3070. The zero-order chi connectivity index (χ0) is 43.8. The van der Waals surface area contributed by atoms with E-state index in [0.29, 0.717) is 39.4 Å². The lowest BCUT2D eigenvalue weighted by Crippen LogP contribution is -2.49. The quantitative estimate of drug-likeness (QED) is 0.142. The molecule has 0 radical (unpaired) electrons. The van der Waals surface area contributed by atoms with Crippen molar-refractivity contribution in [3.8, 4) is 23.0 Å². The number of hydrogen-bond acceptors (Lipinski definition) is 10. The third kappa shape index (κ3) is 6.22. The Morgan fingerprint density at radius 3 is 2.39 bits per heavy atom. The summed E-state index contributed by atoms with van der Waals surface area (Å²) in [4.78, 5) is 77.1. The number of allylic oxidation sites excluding steroid dienone is 2. The molecule has 0 unspecified atom stereocenters. The highest BCUT2D eigenvalue weighted by Crippen LogP contribution is 2.62. The maximum absolute atomic E-state index is 14.8. The van der Waals surface area contributed by atoms with Gasteiger partial charge >= 0.3 is 11.4 Å². The summed E-state index contributed by atoms with van der Waals surface area (Å²) in [6.07, 6.45) is 1.63. The number of aromatic hydroxyl groups is 1. The highest BCUT2D eigenvalue weighted by atomic mass is 35.5. The van der Waals surface area contributed by atoms with Gasteiger partial charge in [-0.25, -0.2) is 37.8 Å². The third-order valence-electron chi connectivity index (χ3n) is 12.6. The van der Waals surface area contributed by atoms with Crippen LogP contribution in [0, 0.1) is 17.2 Å². The van der Waals surface area contributed by atoms with E-state index in [1.807, 2.05) is 30.3 Å². The number of anilines is 1. The molecule has 6 aromatic rings. The molecule has 0 bridgehead atoms. The van der Waals surface area contributed by atoms with Crippen LogP contribution >= 0.6 is 11.6 Å². The smallest absolute Gasteiger partial charge is 0.347 e. The van der Waals surface area contributed by atoms with Gasteiger partial charge < -0.3 is 23.9 Å². The van der Waals surface area contributed by atoms with Gasteiger partial charge in [-0.1, -0.05) is 54.1 Å². The zero-order valence-electron chi connectivity index (χ0n) is 34.0. The number of phenolic OH excluding ortho intramolecular Hbond substituents is 1. The van der Waals surface area contributed by atoms with Crippen molar-refractivity contribution in [3.63, 3.8) is 0 Å². The highest BCUT2D eigenvalue weighted by molar-refractivity contribution is 6.31. The molecular weight excluding hydrogens is 823 g/mol. The molecule has 4 atom stereocenters. The molecule has 9 rings (SSSR count). The molecule has 3 aliphatic rings. The van der Waals surface area contributed by atoms with Gasteiger partial charge in [0.25, 0.3) is 5.56 Å². The molecule has 2 aliphatic heterocycles. The van der Waals surface area contributed by atoms with Crippen molar-refractivity contribution < 1.29 is 33.3 Å². The number of phenols is 1. The van der Waals surface area contributed by atoms with Crippen LogP contribution in [-0.4, -0.2) is 54.6 Å². The van der Waals surface area contributed by atoms with E-state index in [1.54, 1.807) is 44.3 Å². The number of nitrogens with zero attached hydrogens (tertiary/aromatic N) is 6. The van der Waals surface area contributed by atoms with Gasteiger partial charge in [-0.05, 0) is 48.7 Å². The number of carbonyl (C=O) groups is 2. The van der Waals surface area contributed by atoms with Gasteiger partial charge in [-0.3, -0.25) is 14.4 Å². The molecule has 4 aromatic carbocycles. The molecule has 62 heavy (non-hydrogen) atoms. The summed E-state index contributed by atoms with van der Waals surface area (Å²) in [6, 6.07) is 20.2. The first kappa shape index (κ1) is 40.5. The number of hydrogen-bond donors (Lipinski definition) is 1. The van der Waals surface area contributed by atoms with Crippen molar-refractivity contribution >= 4 is 40.1 Å². The summed E-state index contributed by atoms with van der Waals surface area (Å²) in [5.74, 6) is -3.02. The first-order valence-electron chi connectivity index (χ1n) is 19.8. The Balaban J connectivity index is 1.11. The maximum Gasteiger partial charge on any atom is 0.347 e. The Morgan fingerprint density at radius 2 is 1.68 bits per heavy atom. The number of aromatic nitrogens is 5. The average molecular weight is 863 g/mol. The lowest BCUT2D eigenvalue weighted by atomic mass is 9.56. The number of carbonyl (C=O) groups excluding carboxylic acids is 2. The largest absolute Gasteiger partial charge is 0.508 e. The van der Waals surface area contributed by atoms with Crippen LogP contribution in [-0.2, 0) is 42.8 Å². The van der Waals surface area contributed by atoms with Crippen LogP contribution in [0.3, 0.4) is 0 Å². The molecular formula is C45H40ClFN6O9. The van der Waals surface area contributed by atoms with E-state index in [0.717, 1.165) is 21.1 Å². The van der Waals surface area contributed by atoms with E-state index in [4.69, 9.17) is 25.8 Å². The summed E-state index contributed by atoms with van der Waals surface area (Å²) in [5.41, 5.74) is -0.401. The van der Waals surface area contributed by atoms with Gasteiger partial charge in [-0.2, -0.15) is 0 Å². The summed E-state index contributed by atoms with van der Waals surface area (Å²) in [5, 5.41) is 11.5. The first-order chi connectivity index (χ1) is 29.8. The van der Waals surface area contributed by atoms with Crippen molar-refractivity contribution in [1.29, 1.82) is 0 Å². The van der Waals surface area contributed by atoms with Crippen molar-refractivity contribution in [1.82, 2.24) is 23.5 Å². The fourth-order valence-electron chi connectivity index (χ4n) is 9.42. The Kier molecular flexibility index (Phi) is 9.92. The number of methoxy groups -OCH3 is 2. The van der Waals surface area contributed by atoms with E-state index in [2.05, 4.69) is 4.98 Å². The van der Waals surface area contributed by atoms with E-state index >= 15 is 0 Å². The fourth-order valence-corrected chi connectivity index (χ4v) is 9.59. The lowest BCUT2D eigenvalue weighted by molar-refractivity contribution is -0.129. The molecule has 1 N–H and O–H groups in total. The molecule has 15 nitrogen and oxygen atoms in total. The van der Waals surface area contributed by atoms with Crippen LogP contribution in [0.15, 0.2) is 105 Å². The van der Waals surface area contributed by atoms with Gasteiger partial charge in [0.2, 0.25) is 11.8 Å². The van der Waals surface area contributed by atoms with E-state index in [9.17, 15) is 33.5 Å². The number of ether oxygens (including phenoxy) is 3. The van der Waals surface area contributed by atoms with Crippen LogP contribution in [0.4, 0.5) is 10.1 Å². The number of aryl methyl sites for hydroxylation is 2. The second kappa shape index (κ2) is 15.2. The second-order valence-electron chi connectivity index (χ2n) is 15.8. The van der Waals surface area contributed by atoms with Crippen LogP contribution in [0.2, 0.25) is 5.02 Å². The van der Waals surface area contributed by atoms with Crippen LogP contribution in [0.5, 0.6) is 23.0 Å². The molecule has 1 aliphatic carbocycles. The standard InChI is InChI=1S/C45H40ClFN6O9/c1-45-29(40(55)52(42(45)57)25-10-13-31(47)30(46)18-25)20-34-27(39(45)28-12-11-26(19-36(28)54)62-23-24-8-6-5-7-9-24)14-17-51-43(58)50(44(59)53(34)51)16-15-32-41(56)49(2)35-22-38(61-4)37(60-3)21-33(35)48-32/h5-14,18-19,21-22,29,34,39,54H,15-17,20,23H2,1-4H3/t29-,34+,39+,45+/m0/s1. The molecule has 4 heterocycles. The fraction of sp³-hybridized carbons (Fsp3) is 0.289. The Hall–Kier alpha value is -6.94. The molecule has 1 saturated heterocycles. The number of benzene rings is 4. The average Bonchev–Trinajstić information content (AvgIpc) is 3.63. The number of fused-ring (bicyclic) bond motifs is 5. The number of rotatable bonds is 10. The summed E-state index contributed by atoms with van der Waals surface area (Å²) >= 11 is 6.14. The van der Waals surface area contributed by atoms with E-state index in [-0.39, 0.29) is 54.7 Å². The van der Waals surface area contributed by atoms with Crippen molar-refractivity contribution in [2.24, 2.45) is 18.4 Å². The van der Waals surface area contributed by atoms with Crippen LogP contribution < -0.4 is 36.0 Å². The summed E-state index contributed by atoms with van der Waals surface area (Å²) < 4.78 is 36.2. The molecule has 318 valence electrons. The van der Waals surface area contributed by atoms with Gasteiger partial charge in [0.1, 0.15) is 29.6 Å².